The summed E-state index contributed by atoms with van der Waals surface area (Å²) in [5.41, 5.74) is 15.8. The van der Waals surface area contributed by atoms with Crippen LogP contribution < -0.4 is 11.3 Å². The largest absolute Gasteiger partial charge is 0.398 e. The van der Waals surface area contributed by atoms with Crippen LogP contribution in [0.5, 0.6) is 0 Å². The molecular weight excluding hydrogens is 490 g/mol. The summed E-state index contributed by atoms with van der Waals surface area (Å²) in [6.45, 7) is 0. The highest BCUT2D eigenvalue weighted by molar-refractivity contribution is 6.22. The smallest absolute Gasteiger partial charge is 0.264 e. The van der Waals surface area contributed by atoms with Crippen molar-refractivity contribution < 1.29 is 0 Å². The van der Waals surface area contributed by atoms with Crippen LogP contribution in [0.25, 0.3) is 71.6 Å². The molecule has 0 saturated carbocycles. The lowest BCUT2D eigenvalue weighted by molar-refractivity contribution is 1.19. The third-order valence-electron chi connectivity index (χ3n) is 7.92. The fourth-order valence-corrected chi connectivity index (χ4v) is 6.09. The van der Waals surface area contributed by atoms with Crippen molar-refractivity contribution in [3.63, 3.8) is 0 Å². The quantitative estimate of drug-likeness (QED) is 0.242. The van der Waals surface area contributed by atoms with E-state index in [9.17, 15) is 4.79 Å². The van der Waals surface area contributed by atoms with Gasteiger partial charge in [0.15, 0.2) is 0 Å². The fourth-order valence-electron chi connectivity index (χ4n) is 6.09. The SMILES string of the molecule is Nc1ccc2c3c1c(-c1ccccc1)ccc3c(=O)n1c3cc(-c4ccccc4)c(-c4ccccc4)cc3nc21. The second-order valence-corrected chi connectivity index (χ2v) is 10.2. The molecule has 188 valence electrons. The predicted molar refractivity (Wildman–Crippen MR) is 166 cm³/mol. The number of imidazole rings is 1. The van der Waals surface area contributed by atoms with Crippen molar-refractivity contribution >= 4 is 43.9 Å². The van der Waals surface area contributed by atoms with E-state index in [1.807, 2.05) is 78.9 Å². The number of hydrogen-bond acceptors (Lipinski definition) is 3. The molecule has 40 heavy (non-hydrogen) atoms. The van der Waals surface area contributed by atoms with Crippen molar-refractivity contribution in [1.82, 2.24) is 9.38 Å². The lowest BCUT2D eigenvalue weighted by atomic mass is 9.93. The van der Waals surface area contributed by atoms with E-state index in [0.717, 1.165) is 60.6 Å². The number of nitrogens with two attached hydrogens (primary N) is 1. The minimum atomic E-state index is -0.0910. The Labute approximate surface area is 229 Å². The number of pyridine rings is 1. The molecule has 0 saturated heterocycles. The van der Waals surface area contributed by atoms with E-state index in [1.54, 1.807) is 4.40 Å². The molecule has 0 fully saturated rings. The van der Waals surface area contributed by atoms with Crippen molar-refractivity contribution in [3.05, 3.63) is 138 Å². The molecule has 2 heterocycles. The third-order valence-corrected chi connectivity index (χ3v) is 7.92. The highest BCUT2D eigenvalue weighted by Gasteiger charge is 2.21. The summed E-state index contributed by atoms with van der Waals surface area (Å²) in [5.74, 6) is 0. The standard InChI is InChI=1S/C36H23N3O/c37-30-19-18-26-33-27(17-16-25(34(30)33)22-10-4-1-5-11-22)36(40)39-32-21-29(24-14-8-3-9-15-24)28(20-31(32)38-35(26)39)23-12-6-2-7-13-23/h1-21H,37H2. The van der Waals surface area contributed by atoms with E-state index in [1.165, 1.54) is 0 Å². The van der Waals surface area contributed by atoms with Crippen LogP contribution in [0.3, 0.4) is 0 Å². The van der Waals surface area contributed by atoms with Gasteiger partial charge in [0.25, 0.3) is 5.56 Å². The number of rotatable bonds is 3. The summed E-state index contributed by atoms with van der Waals surface area (Å²) >= 11 is 0. The highest BCUT2D eigenvalue weighted by atomic mass is 16.1. The molecule has 0 amide bonds. The second kappa shape index (κ2) is 8.52. The number of nitrogens with zero attached hydrogens (tertiary/aromatic N) is 2. The lowest BCUT2D eigenvalue weighted by Crippen LogP contribution is -2.13. The van der Waals surface area contributed by atoms with E-state index in [2.05, 4.69) is 48.5 Å². The average molecular weight is 514 g/mol. The molecule has 0 aliphatic rings. The Hall–Kier alpha value is -5.48. The topological polar surface area (TPSA) is 60.4 Å². The normalized spacial score (nSPS) is 11.7. The zero-order valence-electron chi connectivity index (χ0n) is 21.5. The van der Waals surface area contributed by atoms with Gasteiger partial charge in [0.1, 0.15) is 5.65 Å². The van der Waals surface area contributed by atoms with E-state index >= 15 is 0 Å². The maximum atomic E-state index is 14.2. The third kappa shape index (κ3) is 3.20. The summed E-state index contributed by atoms with van der Waals surface area (Å²) in [6.07, 6.45) is 0. The summed E-state index contributed by atoms with van der Waals surface area (Å²) in [6, 6.07) is 42.9. The van der Waals surface area contributed by atoms with Crippen LogP contribution in [0.15, 0.2) is 132 Å². The summed E-state index contributed by atoms with van der Waals surface area (Å²) < 4.78 is 1.77. The Kier molecular flexibility index (Phi) is 4.79. The number of nitrogen functional groups attached to an aromatic ring is 1. The van der Waals surface area contributed by atoms with Crippen LogP contribution >= 0.6 is 0 Å². The number of benzene rings is 6. The van der Waals surface area contributed by atoms with Crippen molar-refractivity contribution in [2.75, 3.05) is 5.73 Å². The molecule has 4 nitrogen and oxygen atoms in total. The van der Waals surface area contributed by atoms with Crippen molar-refractivity contribution in [2.45, 2.75) is 0 Å². The van der Waals surface area contributed by atoms with Crippen LogP contribution in [0.1, 0.15) is 0 Å². The van der Waals surface area contributed by atoms with Gasteiger partial charge < -0.3 is 5.73 Å². The predicted octanol–water partition coefficient (Wildman–Crippen LogP) is 8.18. The van der Waals surface area contributed by atoms with Crippen LogP contribution in [0.4, 0.5) is 5.69 Å². The van der Waals surface area contributed by atoms with E-state index in [-0.39, 0.29) is 5.56 Å². The number of anilines is 1. The van der Waals surface area contributed by atoms with Crippen molar-refractivity contribution in [3.8, 4) is 33.4 Å². The monoisotopic (exact) mass is 513 g/mol. The molecule has 0 spiro atoms. The summed E-state index contributed by atoms with van der Waals surface area (Å²) in [5, 5.41) is 3.30. The van der Waals surface area contributed by atoms with Gasteiger partial charge in [0.05, 0.1) is 11.0 Å². The average Bonchev–Trinajstić information content (AvgIpc) is 3.40. The van der Waals surface area contributed by atoms with Crippen LogP contribution in [-0.4, -0.2) is 9.38 Å². The van der Waals surface area contributed by atoms with Gasteiger partial charge in [0, 0.05) is 27.2 Å². The molecule has 2 aromatic heterocycles. The highest BCUT2D eigenvalue weighted by Crippen LogP contribution is 2.40. The molecule has 0 aliphatic carbocycles. The van der Waals surface area contributed by atoms with Crippen LogP contribution in [0, 0.1) is 0 Å². The van der Waals surface area contributed by atoms with Gasteiger partial charge in [-0.1, -0.05) is 97.1 Å². The first-order chi connectivity index (χ1) is 19.7. The summed E-state index contributed by atoms with van der Waals surface area (Å²) in [7, 11) is 0. The van der Waals surface area contributed by atoms with Crippen LogP contribution in [0.2, 0.25) is 0 Å². The minimum Gasteiger partial charge on any atom is -0.398 e. The Balaban J connectivity index is 1.52. The molecule has 6 aromatic carbocycles. The van der Waals surface area contributed by atoms with Crippen LogP contribution in [-0.2, 0) is 0 Å². The fraction of sp³-hybridized carbons (Fsp3) is 0. The molecule has 4 heteroatoms. The van der Waals surface area contributed by atoms with Gasteiger partial charge in [-0.05, 0) is 63.7 Å². The molecule has 0 unspecified atom stereocenters. The zero-order chi connectivity index (χ0) is 26.8. The molecular formula is C36H23N3O. The summed E-state index contributed by atoms with van der Waals surface area (Å²) in [4.78, 5) is 19.3. The van der Waals surface area contributed by atoms with Gasteiger partial charge in [-0.15, -0.1) is 0 Å². The zero-order valence-corrected chi connectivity index (χ0v) is 21.5. The van der Waals surface area contributed by atoms with E-state index < -0.39 is 0 Å². The van der Waals surface area contributed by atoms with Gasteiger partial charge in [-0.2, -0.15) is 0 Å². The minimum absolute atomic E-state index is 0.0910. The first-order valence-corrected chi connectivity index (χ1v) is 13.3. The number of hydrogen-bond donors (Lipinski definition) is 1. The first-order valence-electron chi connectivity index (χ1n) is 13.3. The second-order valence-electron chi connectivity index (χ2n) is 10.2. The molecule has 2 N–H and O–H groups in total. The molecule has 0 bridgehead atoms. The Morgan fingerprint density at radius 1 is 0.550 bits per heavy atom. The van der Waals surface area contributed by atoms with E-state index in [4.69, 9.17) is 10.7 Å². The first kappa shape index (κ1) is 22.5. The van der Waals surface area contributed by atoms with Crippen molar-refractivity contribution in [2.24, 2.45) is 0 Å². The van der Waals surface area contributed by atoms with Gasteiger partial charge >= 0.3 is 0 Å². The lowest BCUT2D eigenvalue weighted by Gasteiger charge is -2.14. The number of fused-ring (bicyclic) bond motifs is 4. The Bertz CT molecular complexity index is 2270. The van der Waals surface area contributed by atoms with Gasteiger partial charge in [-0.3, -0.25) is 9.20 Å². The molecule has 0 aliphatic heterocycles. The molecule has 0 radical (unpaired) electrons. The molecule has 8 rings (SSSR count). The maximum Gasteiger partial charge on any atom is 0.264 e. The maximum absolute atomic E-state index is 14.2. The van der Waals surface area contributed by atoms with Crippen molar-refractivity contribution in [1.29, 1.82) is 0 Å². The van der Waals surface area contributed by atoms with Gasteiger partial charge in [-0.25, -0.2) is 4.98 Å². The number of aromatic nitrogens is 2. The molecule has 8 aromatic rings. The van der Waals surface area contributed by atoms with Gasteiger partial charge in [0.2, 0.25) is 0 Å². The van der Waals surface area contributed by atoms with E-state index in [0.29, 0.717) is 16.7 Å². The Morgan fingerprint density at radius 2 is 1.10 bits per heavy atom. The Morgan fingerprint density at radius 3 is 1.73 bits per heavy atom. The molecule has 0 atom stereocenters.